The molecule has 2 aliphatic rings. The fourth-order valence-corrected chi connectivity index (χ4v) is 4.60. The molecule has 0 spiro atoms. The molecule has 1 amide bonds. The normalized spacial score (nSPS) is 31.7. The number of hydrogen-bond acceptors (Lipinski definition) is 4. The Morgan fingerprint density at radius 3 is 2.90 bits per heavy atom. The molecule has 110 valence electrons. The lowest BCUT2D eigenvalue weighted by Crippen LogP contribution is -2.46. The Kier molecular flexibility index (Phi) is 3.69. The average Bonchev–Trinajstić information content (AvgIpc) is 3.09. The van der Waals surface area contributed by atoms with E-state index in [9.17, 15) is 14.7 Å². The Labute approximate surface area is 121 Å². The second kappa shape index (κ2) is 5.33. The SMILES string of the molecule is Cc1csc(=O)n1CC(=O)NC1C2CCC(C2)C1CO. The predicted molar refractivity (Wildman–Crippen MR) is 76.7 cm³/mol. The first-order valence-electron chi connectivity index (χ1n) is 7.15. The Balaban J connectivity index is 1.66. The van der Waals surface area contributed by atoms with Gasteiger partial charge < -0.3 is 10.4 Å². The van der Waals surface area contributed by atoms with Crippen LogP contribution in [0.25, 0.3) is 0 Å². The van der Waals surface area contributed by atoms with E-state index >= 15 is 0 Å². The third kappa shape index (κ3) is 2.31. The van der Waals surface area contributed by atoms with E-state index in [4.69, 9.17) is 0 Å². The molecule has 0 radical (unpaired) electrons. The van der Waals surface area contributed by atoms with E-state index in [0.717, 1.165) is 29.9 Å². The fraction of sp³-hybridized carbons (Fsp3) is 0.714. The van der Waals surface area contributed by atoms with Gasteiger partial charge in [0.25, 0.3) is 0 Å². The van der Waals surface area contributed by atoms with Crippen LogP contribution in [-0.2, 0) is 11.3 Å². The van der Waals surface area contributed by atoms with Gasteiger partial charge in [0.2, 0.25) is 5.91 Å². The molecule has 6 heteroatoms. The predicted octanol–water partition coefficient (Wildman–Crippen LogP) is 0.741. The first-order valence-corrected chi connectivity index (χ1v) is 8.03. The van der Waals surface area contributed by atoms with Crippen LogP contribution in [0.4, 0.5) is 0 Å². The zero-order valence-corrected chi connectivity index (χ0v) is 12.4. The summed E-state index contributed by atoms with van der Waals surface area (Å²) in [4.78, 5) is 23.7. The third-order valence-electron chi connectivity index (χ3n) is 4.91. The van der Waals surface area contributed by atoms with Crippen LogP contribution in [0.15, 0.2) is 10.2 Å². The lowest BCUT2D eigenvalue weighted by molar-refractivity contribution is -0.123. The van der Waals surface area contributed by atoms with Crippen LogP contribution in [0.5, 0.6) is 0 Å². The molecule has 1 heterocycles. The molecule has 0 aromatic carbocycles. The summed E-state index contributed by atoms with van der Waals surface area (Å²) >= 11 is 1.12. The average molecular weight is 296 g/mol. The topological polar surface area (TPSA) is 71.3 Å². The number of rotatable bonds is 4. The molecule has 1 aromatic rings. The second-order valence-electron chi connectivity index (χ2n) is 6.00. The number of aromatic nitrogens is 1. The zero-order chi connectivity index (χ0) is 14.3. The van der Waals surface area contributed by atoms with Gasteiger partial charge in [0, 0.05) is 29.6 Å². The largest absolute Gasteiger partial charge is 0.396 e. The number of carbonyl (C=O) groups excluding carboxylic acids is 1. The summed E-state index contributed by atoms with van der Waals surface area (Å²) in [5, 5.41) is 14.3. The highest BCUT2D eigenvalue weighted by Gasteiger charge is 2.47. The first kappa shape index (κ1) is 13.8. The van der Waals surface area contributed by atoms with Gasteiger partial charge in [-0.15, -0.1) is 0 Å². The van der Waals surface area contributed by atoms with Gasteiger partial charge in [0.15, 0.2) is 0 Å². The number of carbonyl (C=O) groups is 1. The van der Waals surface area contributed by atoms with Crippen LogP contribution in [0.1, 0.15) is 25.0 Å². The Bertz CT molecular complexity index is 565. The van der Waals surface area contributed by atoms with Crippen molar-refractivity contribution in [1.29, 1.82) is 0 Å². The molecule has 4 unspecified atom stereocenters. The summed E-state index contributed by atoms with van der Waals surface area (Å²) in [5.41, 5.74) is 0.821. The number of aryl methyl sites for hydroxylation is 1. The molecule has 1 aromatic heterocycles. The molecule has 3 rings (SSSR count). The van der Waals surface area contributed by atoms with Crippen LogP contribution in [0.3, 0.4) is 0 Å². The molecule has 2 saturated carbocycles. The van der Waals surface area contributed by atoms with E-state index in [1.807, 2.05) is 6.92 Å². The lowest BCUT2D eigenvalue weighted by atomic mass is 9.85. The molecule has 20 heavy (non-hydrogen) atoms. The number of fused-ring (bicyclic) bond motifs is 2. The molecular weight excluding hydrogens is 276 g/mol. The summed E-state index contributed by atoms with van der Waals surface area (Å²) in [6.07, 6.45) is 3.43. The summed E-state index contributed by atoms with van der Waals surface area (Å²) in [7, 11) is 0. The highest BCUT2D eigenvalue weighted by molar-refractivity contribution is 7.07. The van der Waals surface area contributed by atoms with Crippen molar-refractivity contribution < 1.29 is 9.90 Å². The van der Waals surface area contributed by atoms with Crippen molar-refractivity contribution in [1.82, 2.24) is 9.88 Å². The highest BCUT2D eigenvalue weighted by atomic mass is 32.1. The van der Waals surface area contributed by atoms with Crippen LogP contribution in [0.2, 0.25) is 0 Å². The van der Waals surface area contributed by atoms with E-state index in [0.29, 0.717) is 11.8 Å². The van der Waals surface area contributed by atoms with E-state index in [1.165, 1.54) is 11.0 Å². The second-order valence-corrected chi connectivity index (χ2v) is 6.82. The number of hydrogen-bond donors (Lipinski definition) is 2. The van der Waals surface area contributed by atoms with E-state index in [-0.39, 0.29) is 35.9 Å². The van der Waals surface area contributed by atoms with Crippen LogP contribution < -0.4 is 10.2 Å². The van der Waals surface area contributed by atoms with Crippen molar-refractivity contribution >= 4 is 17.2 Å². The zero-order valence-electron chi connectivity index (χ0n) is 11.5. The number of nitrogens with one attached hydrogen (secondary N) is 1. The summed E-state index contributed by atoms with van der Waals surface area (Å²) in [5.74, 6) is 1.13. The van der Waals surface area contributed by atoms with Crippen molar-refractivity contribution in [2.24, 2.45) is 17.8 Å². The van der Waals surface area contributed by atoms with Crippen molar-refractivity contribution in [3.8, 4) is 0 Å². The molecule has 5 nitrogen and oxygen atoms in total. The number of amides is 1. The number of nitrogens with zero attached hydrogens (tertiary/aromatic N) is 1. The third-order valence-corrected chi connectivity index (χ3v) is 5.79. The van der Waals surface area contributed by atoms with Crippen LogP contribution in [-0.4, -0.2) is 28.2 Å². The van der Waals surface area contributed by atoms with E-state index in [2.05, 4.69) is 5.32 Å². The summed E-state index contributed by atoms with van der Waals surface area (Å²) in [6, 6.07) is 0.0842. The molecule has 2 aliphatic carbocycles. The number of aliphatic hydroxyl groups is 1. The van der Waals surface area contributed by atoms with Gasteiger partial charge in [0.05, 0.1) is 0 Å². The molecule has 0 saturated heterocycles. The molecular formula is C14H20N2O3S. The number of aliphatic hydroxyl groups excluding tert-OH is 1. The maximum absolute atomic E-state index is 12.2. The van der Waals surface area contributed by atoms with Gasteiger partial charge in [-0.3, -0.25) is 14.2 Å². The Hall–Kier alpha value is -1.14. The molecule has 4 atom stereocenters. The fourth-order valence-electron chi connectivity index (χ4n) is 3.87. The lowest BCUT2D eigenvalue weighted by Gasteiger charge is -2.30. The van der Waals surface area contributed by atoms with Crippen molar-refractivity contribution in [3.05, 3.63) is 20.7 Å². The molecule has 2 fully saturated rings. The van der Waals surface area contributed by atoms with Gasteiger partial charge in [-0.25, -0.2) is 0 Å². The molecule has 2 bridgehead atoms. The van der Waals surface area contributed by atoms with E-state index in [1.54, 1.807) is 5.38 Å². The van der Waals surface area contributed by atoms with Crippen molar-refractivity contribution in [2.45, 2.75) is 38.8 Å². The standard InChI is InChI=1S/C14H20N2O3S/c1-8-7-20-14(19)16(8)5-12(18)15-13-10-3-2-9(4-10)11(13)6-17/h7,9-11,13,17H,2-6H2,1H3,(H,15,18). The van der Waals surface area contributed by atoms with Crippen LogP contribution >= 0.6 is 11.3 Å². The Morgan fingerprint density at radius 2 is 2.25 bits per heavy atom. The van der Waals surface area contributed by atoms with Gasteiger partial charge in [0.1, 0.15) is 6.54 Å². The highest BCUT2D eigenvalue weighted by Crippen LogP contribution is 2.48. The van der Waals surface area contributed by atoms with E-state index < -0.39 is 0 Å². The van der Waals surface area contributed by atoms with Gasteiger partial charge in [-0.2, -0.15) is 0 Å². The van der Waals surface area contributed by atoms with Gasteiger partial charge in [-0.1, -0.05) is 11.3 Å². The minimum atomic E-state index is -0.121. The molecule has 2 N–H and O–H groups in total. The van der Waals surface area contributed by atoms with Crippen LogP contribution in [0, 0.1) is 24.7 Å². The quantitative estimate of drug-likeness (QED) is 0.861. The number of thiazole rings is 1. The minimum absolute atomic E-state index is 0.0835. The molecule has 0 aliphatic heterocycles. The van der Waals surface area contributed by atoms with Gasteiger partial charge in [-0.05, 0) is 38.0 Å². The maximum Gasteiger partial charge on any atom is 0.307 e. The first-order chi connectivity index (χ1) is 9.60. The van der Waals surface area contributed by atoms with Crippen molar-refractivity contribution in [2.75, 3.05) is 6.61 Å². The maximum atomic E-state index is 12.2. The minimum Gasteiger partial charge on any atom is -0.396 e. The monoisotopic (exact) mass is 296 g/mol. The smallest absolute Gasteiger partial charge is 0.307 e. The van der Waals surface area contributed by atoms with Crippen molar-refractivity contribution in [3.63, 3.8) is 0 Å². The van der Waals surface area contributed by atoms with Gasteiger partial charge >= 0.3 is 4.87 Å². The summed E-state index contributed by atoms with van der Waals surface area (Å²) < 4.78 is 1.50. The Morgan fingerprint density at radius 1 is 1.50 bits per heavy atom. The summed E-state index contributed by atoms with van der Waals surface area (Å²) in [6.45, 7) is 2.06.